The number of nitrogen functional groups attached to an aromatic ring is 1. The molecule has 3 aromatic rings. The number of nitrogens with two attached hydrogens (primary N) is 2. The molecule has 2 heterocycles. The molecule has 8 nitrogen and oxygen atoms in total. The van der Waals surface area contributed by atoms with Crippen LogP contribution < -0.4 is 21.7 Å². The lowest BCUT2D eigenvalue weighted by molar-refractivity contribution is -0.123. The fraction of sp³-hybridized carbons (Fsp3) is 0.333. The molecule has 0 saturated heterocycles. The summed E-state index contributed by atoms with van der Waals surface area (Å²) in [4.78, 5) is 41.7. The van der Waals surface area contributed by atoms with Gasteiger partial charge in [0.25, 0.3) is 11.8 Å². The fourth-order valence-electron chi connectivity index (χ4n) is 4.35. The number of aryl methyl sites for hydroxylation is 2. The Morgan fingerprint density at radius 3 is 2.50 bits per heavy atom. The Labute approximate surface area is 206 Å². The molecule has 34 heavy (non-hydrogen) atoms. The maximum absolute atomic E-state index is 14.0. The van der Waals surface area contributed by atoms with Crippen LogP contribution in [0.1, 0.15) is 67.9 Å². The van der Waals surface area contributed by atoms with Crippen LogP contribution in [0.2, 0.25) is 0 Å². The van der Waals surface area contributed by atoms with Crippen molar-refractivity contribution in [1.29, 1.82) is 0 Å². The normalized spacial score (nSPS) is 14.6. The van der Waals surface area contributed by atoms with Gasteiger partial charge >= 0.3 is 0 Å². The summed E-state index contributed by atoms with van der Waals surface area (Å²) in [6.45, 7) is 3.86. The standard InChI is InChI=1S/C24H27N5O3S2/c1-13-9-10-16(14(2)12-13)29(24(32)21-18(25)19(22(26)30)28-34-21)20(17-8-5-11-33-17)23(31)27-15-6-3-4-7-15/h5,8-12,15,20H,3-4,6-7,25H2,1-2H3,(H2,26,30)(H,27,31)/t20-/m1/s1. The van der Waals surface area contributed by atoms with Crippen LogP contribution in [-0.2, 0) is 4.79 Å². The highest BCUT2D eigenvalue weighted by molar-refractivity contribution is 7.10. The van der Waals surface area contributed by atoms with Crippen LogP contribution in [0.4, 0.5) is 11.4 Å². The molecule has 1 atom stereocenters. The average Bonchev–Trinajstić information content (AvgIpc) is 3.54. The summed E-state index contributed by atoms with van der Waals surface area (Å²) in [5, 5.41) is 5.03. The number of anilines is 2. The number of thiophene rings is 1. The van der Waals surface area contributed by atoms with Crippen LogP contribution in [0.3, 0.4) is 0 Å². The Morgan fingerprint density at radius 2 is 1.91 bits per heavy atom. The monoisotopic (exact) mass is 497 g/mol. The summed E-state index contributed by atoms with van der Waals surface area (Å²) in [5.41, 5.74) is 13.7. The van der Waals surface area contributed by atoms with Gasteiger partial charge in [-0.1, -0.05) is 36.6 Å². The fourth-order valence-corrected chi connectivity index (χ4v) is 5.91. The highest BCUT2D eigenvalue weighted by Crippen LogP contribution is 2.36. The molecule has 1 saturated carbocycles. The zero-order chi connectivity index (χ0) is 24.4. The highest BCUT2D eigenvalue weighted by Gasteiger charge is 2.38. The predicted octanol–water partition coefficient (Wildman–Crippen LogP) is 3.95. The van der Waals surface area contributed by atoms with E-state index in [-0.39, 0.29) is 28.2 Å². The third kappa shape index (κ3) is 4.69. The van der Waals surface area contributed by atoms with Crippen LogP contribution >= 0.6 is 22.9 Å². The van der Waals surface area contributed by atoms with E-state index in [9.17, 15) is 14.4 Å². The summed E-state index contributed by atoms with van der Waals surface area (Å²) < 4.78 is 4.00. The number of carbonyl (C=O) groups is 3. The molecule has 1 aromatic carbocycles. The summed E-state index contributed by atoms with van der Waals surface area (Å²) in [5.74, 6) is -1.56. The van der Waals surface area contributed by atoms with E-state index in [0.717, 1.165) is 53.2 Å². The molecule has 1 aliphatic rings. The van der Waals surface area contributed by atoms with Crippen molar-refractivity contribution in [2.24, 2.45) is 5.73 Å². The van der Waals surface area contributed by atoms with Gasteiger partial charge in [0.05, 0.1) is 5.69 Å². The Hall–Kier alpha value is -3.24. The highest BCUT2D eigenvalue weighted by atomic mass is 32.1. The number of nitrogens with zero attached hydrogens (tertiary/aromatic N) is 2. The Balaban J connectivity index is 1.84. The van der Waals surface area contributed by atoms with Gasteiger partial charge in [0.1, 0.15) is 4.88 Å². The van der Waals surface area contributed by atoms with Crippen LogP contribution in [0.15, 0.2) is 35.7 Å². The lowest BCUT2D eigenvalue weighted by Crippen LogP contribution is -2.46. The van der Waals surface area contributed by atoms with Crippen molar-refractivity contribution < 1.29 is 14.4 Å². The van der Waals surface area contributed by atoms with E-state index in [1.807, 2.05) is 49.6 Å². The molecule has 178 valence electrons. The second-order valence-corrected chi connectivity index (χ2v) is 10.3. The van der Waals surface area contributed by atoms with E-state index < -0.39 is 17.9 Å². The third-order valence-electron chi connectivity index (χ3n) is 6.01. The van der Waals surface area contributed by atoms with E-state index in [0.29, 0.717) is 5.69 Å². The van der Waals surface area contributed by atoms with E-state index in [1.165, 1.54) is 16.2 Å². The van der Waals surface area contributed by atoms with Gasteiger partial charge in [-0.05, 0) is 61.3 Å². The van der Waals surface area contributed by atoms with Crippen LogP contribution in [0, 0.1) is 13.8 Å². The minimum atomic E-state index is -0.909. The number of amides is 3. The van der Waals surface area contributed by atoms with Gasteiger partial charge in [0, 0.05) is 16.6 Å². The van der Waals surface area contributed by atoms with Gasteiger partial charge in [-0.2, -0.15) is 4.37 Å². The molecular formula is C24H27N5O3S2. The summed E-state index contributed by atoms with van der Waals surface area (Å²) in [6.07, 6.45) is 3.98. The topological polar surface area (TPSA) is 131 Å². The molecular weight excluding hydrogens is 470 g/mol. The molecule has 0 spiro atoms. The Kier molecular flexibility index (Phi) is 6.99. The van der Waals surface area contributed by atoms with Gasteiger partial charge in [-0.25, -0.2) is 0 Å². The first kappa shape index (κ1) is 23.9. The second kappa shape index (κ2) is 9.94. The van der Waals surface area contributed by atoms with Crippen molar-refractivity contribution in [1.82, 2.24) is 9.69 Å². The first-order chi connectivity index (χ1) is 16.3. The smallest absolute Gasteiger partial charge is 0.273 e. The predicted molar refractivity (Wildman–Crippen MR) is 135 cm³/mol. The average molecular weight is 498 g/mol. The van der Waals surface area contributed by atoms with Crippen molar-refractivity contribution in [3.8, 4) is 0 Å². The molecule has 3 amide bonds. The molecule has 2 aromatic heterocycles. The maximum atomic E-state index is 14.0. The molecule has 0 bridgehead atoms. The number of carbonyl (C=O) groups excluding carboxylic acids is 3. The van der Waals surface area contributed by atoms with Gasteiger partial charge in [0.2, 0.25) is 5.91 Å². The summed E-state index contributed by atoms with van der Waals surface area (Å²) in [6, 6.07) is 8.56. The molecule has 1 fully saturated rings. The third-order valence-corrected chi connectivity index (χ3v) is 7.78. The van der Waals surface area contributed by atoms with E-state index in [1.54, 1.807) is 0 Å². The number of aromatic nitrogens is 1. The van der Waals surface area contributed by atoms with Crippen LogP contribution in [0.25, 0.3) is 0 Å². The molecule has 1 aliphatic carbocycles. The number of rotatable bonds is 7. The minimum Gasteiger partial charge on any atom is -0.395 e. The quantitative estimate of drug-likeness (QED) is 0.455. The molecule has 4 rings (SSSR count). The zero-order valence-electron chi connectivity index (χ0n) is 19.0. The summed E-state index contributed by atoms with van der Waals surface area (Å²) in [7, 11) is 0. The van der Waals surface area contributed by atoms with E-state index in [4.69, 9.17) is 11.5 Å². The summed E-state index contributed by atoms with van der Waals surface area (Å²) >= 11 is 2.21. The first-order valence-electron chi connectivity index (χ1n) is 11.1. The number of primary amides is 1. The van der Waals surface area contributed by atoms with Crippen molar-refractivity contribution in [3.63, 3.8) is 0 Å². The first-order valence-corrected chi connectivity index (χ1v) is 12.7. The van der Waals surface area contributed by atoms with E-state index in [2.05, 4.69) is 9.69 Å². The number of hydrogen-bond acceptors (Lipinski definition) is 7. The van der Waals surface area contributed by atoms with Gasteiger partial charge < -0.3 is 16.8 Å². The van der Waals surface area contributed by atoms with Crippen molar-refractivity contribution in [3.05, 3.63) is 62.3 Å². The number of nitrogens with one attached hydrogen (secondary N) is 1. The van der Waals surface area contributed by atoms with Gasteiger partial charge in [-0.3, -0.25) is 19.3 Å². The van der Waals surface area contributed by atoms with E-state index >= 15 is 0 Å². The number of benzene rings is 1. The lowest BCUT2D eigenvalue weighted by atomic mass is 10.0. The van der Waals surface area contributed by atoms with Crippen molar-refractivity contribution in [2.45, 2.75) is 51.6 Å². The van der Waals surface area contributed by atoms with Gasteiger partial charge in [0.15, 0.2) is 11.7 Å². The zero-order valence-corrected chi connectivity index (χ0v) is 20.7. The van der Waals surface area contributed by atoms with Crippen LogP contribution in [0.5, 0.6) is 0 Å². The number of hydrogen-bond donors (Lipinski definition) is 3. The maximum Gasteiger partial charge on any atom is 0.273 e. The molecule has 0 unspecified atom stereocenters. The van der Waals surface area contributed by atoms with Crippen molar-refractivity contribution in [2.75, 3.05) is 10.6 Å². The van der Waals surface area contributed by atoms with Crippen LogP contribution in [-0.4, -0.2) is 28.1 Å². The second-order valence-electron chi connectivity index (χ2n) is 8.51. The Morgan fingerprint density at radius 1 is 1.18 bits per heavy atom. The van der Waals surface area contributed by atoms with Gasteiger partial charge in [-0.15, -0.1) is 11.3 Å². The SMILES string of the molecule is Cc1ccc(N(C(=O)c2snc(C(N)=O)c2N)[C@@H](C(=O)NC2CCCC2)c2cccs2)c(C)c1. The molecule has 0 aliphatic heterocycles. The molecule has 10 heteroatoms. The largest absolute Gasteiger partial charge is 0.395 e. The minimum absolute atomic E-state index is 0.0709. The molecule has 0 radical (unpaired) electrons. The Bertz CT molecular complexity index is 1220. The van der Waals surface area contributed by atoms with Crippen molar-refractivity contribution >= 4 is 52.0 Å². The molecule has 5 N–H and O–H groups in total. The lowest BCUT2D eigenvalue weighted by Gasteiger charge is -2.32.